The van der Waals surface area contributed by atoms with Crippen molar-refractivity contribution >= 4 is 57.3 Å². The van der Waals surface area contributed by atoms with Gasteiger partial charge in [0.25, 0.3) is 5.91 Å². The van der Waals surface area contributed by atoms with Crippen LogP contribution in [0.1, 0.15) is 29.5 Å². The number of hydrogen-bond donors (Lipinski definition) is 0. The lowest BCUT2D eigenvalue weighted by atomic mass is 10.0. The predicted molar refractivity (Wildman–Crippen MR) is 133 cm³/mol. The highest BCUT2D eigenvalue weighted by molar-refractivity contribution is 6.39. The number of fused-ring (bicyclic) bond motifs is 1. The minimum absolute atomic E-state index is 0.276. The van der Waals surface area contributed by atoms with Gasteiger partial charge < -0.3 is 9.15 Å². The molecule has 5 rings (SSSR count). The molecule has 4 aromatic rings. The number of furan rings is 1. The highest BCUT2D eigenvalue weighted by Gasteiger charge is 2.35. The molecule has 1 aliphatic rings. The Morgan fingerprint density at radius 1 is 1.12 bits per heavy atom. The van der Waals surface area contributed by atoms with Crippen molar-refractivity contribution in [1.29, 1.82) is 0 Å². The molecule has 0 unspecified atom stereocenters. The van der Waals surface area contributed by atoms with Crippen molar-refractivity contribution in [2.75, 3.05) is 6.61 Å². The molecule has 2 aromatic heterocycles. The third kappa shape index (κ3) is 4.37. The van der Waals surface area contributed by atoms with Crippen molar-refractivity contribution in [3.05, 3.63) is 92.9 Å². The molecule has 1 aliphatic heterocycles. The van der Waals surface area contributed by atoms with Crippen molar-refractivity contribution in [2.24, 2.45) is 5.10 Å². The average molecular weight is 515 g/mol. The molecular formula is C25H18Cl3N3O3. The van der Waals surface area contributed by atoms with E-state index in [9.17, 15) is 4.79 Å². The molecule has 6 nitrogen and oxygen atoms in total. The predicted octanol–water partition coefficient (Wildman–Crippen LogP) is 6.85. The van der Waals surface area contributed by atoms with Crippen LogP contribution in [-0.4, -0.2) is 28.2 Å². The zero-order chi connectivity index (χ0) is 23.8. The second kappa shape index (κ2) is 9.29. The number of carbonyl (C=O) groups excluding carboxylic acids is 1. The number of aromatic nitrogens is 1. The highest BCUT2D eigenvalue weighted by atomic mass is 35.5. The van der Waals surface area contributed by atoms with E-state index < -0.39 is 6.04 Å². The molecule has 0 fully saturated rings. The SMILES string of the molecule is Cc1ccc2c(Cl)cc(Cl)c(OCC(=O)N3N=C(c4ccc(Cl)cc4)C[C@@H]3c3ccco3)c2n1. The maximum atomic E-state index is 13.3. The van der Waals surface area contributed by atoms with E-state index in [1.807, 2.05) is 37.3 Å². The maximum absolute atomic E-state index is 13.3. The summed E-state index contributed by atoms with van der Waals surface area (Å²) >= 11 is 18.7. The number of nitrogens with zero attached hydrogens (tertiary/aromatic N) is 3. The molecule has 0 spiro atoms. The molecule has 172 valence electrons. The quantitative estimate of drug-likeness (QED) is 0.292. The minimum Gasteiger partial charge on any atom is -0.480 e. The zero-order valence-electron chi connectivity index (χ0n) is 18.0. The number of halogens is 3. The van der Waals surface area contributed by atoms with Crippen LogP contribution in [0.5, 0.6) is 5.75 Å². The molecule has 1 atom stereocenters. The minimum atomic E-state index is -0.394. The first-order valence-corrected chi connectivity index (χ1v) is 11.6. The smallest absolute Gasteiger partial charge is 0.281 e. The van der Waals surface area contributed by atoms with Gasteiger partial charge in [-0.2, -0.15) is 5.10 Å². The van der Waals surface area contributed by atoms with Crippen LogP contribution in [0.4, 0.5) is 0 Å². The lowest BCUT2D eigenvalue weighted by molar-refractivity contribution is -0.135. The highest BCUT2D eigenvalue weighted by Crippen LogP contribution is 2.38. The van der Waals surface area contributed by atoms with E-state index in [2.05, 4.69) is 10.1 Å². The van der Waals surface area contributed by atoms with Gasteiger partial charge in [-0.25, -0.2) is 9.99 Å². The van der Waals surface area contributed by atoms with Gasteiger partial charge in [-0.15, -0.1) is 0 Å². The molecule has 0 radical (unpaired) electrons. The second-order valence-corrected chi connectivity index (χ2v) is 9.08. The first-order valence-electron chi connectivity index (χ1n) is 10.5. The van der Waals surface area contributed by atoms with Crippen LogP contribution in [0.15, 0.2) is 70.4 Å². The zero-order valence-corrected chi connectivity index (χ0v) is 20.2. The van der Waals surface area contributed by atoms with E-state index in [1.54, 1.807) is 30.5 Å². The molecule has 1 amide bonds. The van der Waals surface area contributed by atoms with E-state index >= 15 is 0 Å². The van der Waals surface area contributed by atoms with Crippen LogP contribution >= 0.6 is 34.8 Å². The Morgan fingerprint density at radius 2 is 1.91 bits per heavy atom. The topological polar surface area (TPSA) is 67.9 Å². The molecule has 9 heteroatoms. The molecule has 34 heavy (non-hydrogen) atoms. The van der Waals surface area contributed by atoms with Gasteiger partial charge in [0.2, 0.25) is 0 Å². The third-order valence-corrected chi connectivity index (χ3v) is 6.38. The van der Waals surface area contributed by atoms with Gasteiger partial charge >= 0.3 is 0 Å². The van der Waals surface area contributed by atoms with Crippen LogP contribution in [0.2, 0.25) is 15.1 Å². The van der Waals surface area contributed by atoms with Crippen LogP contribution in [0.25, 0.3) is 10.9 Å². The van der Waals surface area contributed by atoms with Gasteiger partial charge in [-0.05, 0) is 55.0 Å². The molecule has 2 aromatic carbocycles. The van der Waals surface area contributed by atoms with E-state index in [-0.39, 0.29) is 17.5 Å². The number of aryl methyl sites for hydroxylation is 1. The lowest BCUT2D eigenvalue weighted by Crippen LogP contribution is -2.31. The summed E-state index contributed by atoms with van der Waals surface area (Å²) in [6.45, 7) is 1.56. The molecule has 0 saturated carbocycles. The van der Waals surface area contributed by atoms with Crippen molar-refractivity contribution in [3.8, 4) is 5.75 Å². The molecule has 3 heterocycles. The number of carbonyl (C=O) groups is 1. The van der Waals surface area contributed by atoms with Crippen molar-refractivity contribution in [1.82, 2.24) is 9.99 Å². The number of amides is 1. The Bertz CT molecular complexity index is 1400. The second-order valence-electron chi connectivity index (χ2n) is 7.83. The van der Waals surface area contributed by atoms with E-state index in [1.165, 1.54) is 5.01 Å². The molecule has 0 bridgehead atoms. The molecular weight excluding hydrogens is 497 g/mol. The largest absolute Gasteiger partial charge is 0.480 e. The lowest BCUT2D eigenvalue weighted by Gasteiger charge is -2.20. The summed E-state index contributed by atoms with van der Waals surface area (Å²) in [5.41, 5.74) is 2.90. The monoisotopic (exact) mass is 513 g/mol. The maximum Gasteiger partial charge on any atom is 0.281 e. The van der Waals surface area contributed by atoms with Crippen LogP contribution in [0, 0.1) is 6.92 Å². The summed E-state index contributed by atoms with van der Waals surface area (Å²) in [7, 11) is 0. The van der Waals surface area contributed by atoms with Crippen LogP contribution in [-0.2, 0) is 4.79 Å². The first-order chi connectivity index (χ1) is 16.4. The normalized spacial score (nSPS) is 15.6. The Morgan fingerprint density at radius 3 is 2.65 bits per heavy atom. The van der Waals surface area contributed by atoms with Gasteiger partial charge in [0.05, 0.1) is 22.0 Å². The Balaban J connectivity index is 1.44. The number of benzene rings is 2. The number of hydrogen-bond acceptors (Lipinski definition) is 5. The summed E-state index contributed by atoms with van der Waals surface area (Å²) in [5.74, 6) is 0.583. The molecule has 0 saturated heterocycles. The fourth-order valence-electron chi connectivity index (χ4n) is 3.89. The fourth-order valence-corrected chi connectivity index (χ4v) is 4.58. The Labute approximate surface area is 210 Å². The number of ether oxygens (including phenoxy) is 1. The van der Waals surface area contributed by atoms with E-state index in [0.29, 0.717) is 38.9 Å². The summed E-state index contributed by atoms with van der Waals surface area (Å²) in [6.07, 6.45) is 2.06. The van der Waals surface area contributed by atoms with Crippen molar-refractivity contribution < 1.29 is 13.9 Å². The number of pyridine rings is 1. The summed E-state index contributed by atoms with van der Waals surface area (Å²) in [6, 6.07) is 15.8. The number of rotatable bonds is 5. The Kier molecular flexibility index (Phi) is 6.21. The summed E-state index contributed by atoms with van der Waals surface area (Å²) in [4.78, 5) is 17.8. The van der Waals surface area contributed by atoms with Gasteiger partial charge in [0, 0.05) is 22.5 Å². The van der Waals surface area contributed by atoms with Crippen LogP contribution < -0.4 is 4.74 Å². The van der Waals surface area contributed by atoms with Gasteiger partial charge in [0.15, 0.2) is 12.4 Å². The molecule has 0 aliphatic carbocycles. The van der Waals surface area contributed by atoms with E-state index in [0.717, 1.165) is 17.0 Å². The van der Waals surface area contributed by atoms with Crippen molar-refractivity contribution in [2.45, 2.75) is 19.4 Å². The van der Waals surface area contributed by atoms with Crippen LogP contribution in [0.3, 0.4) is 0 Å². The van der Waals surface area contributed by atoms with Crippen molar-refractivity contribution in [3.63, 3.8) is 0 Å². The number of hydrazone groups is 1. The van der Waals surface area contributed by atoms with Gasteiger partial charge in [0.1, 0.15) is 17.3 Å². The standard InChI is InChI=1S/C25H18Cl3N3O3/c1-14-4-9-17-18(27)11-19(28)25(24(17)29-14)34-13-23(32)31-21(22-3-2-10-33-22)12-20(30-31)15-5-7-16(26)8-6-15/h2-11,21H,12-13H2,1H3/t21-/m1/s1. The van der Waals surface area contributed by atoms with Gasteiger partial charge in [-0.3, -0.25) is 4.79 Å². The van der Waals surface area contributed by atoms with Gasteiger partial charge in [-0.1, -0.05) is 46.9 Å². The average Bonchev–Trinajstić information content (AvgIpc) is 3.49. The summed E-state index contributed by atoms with van der Waals surface area (Å²) in [5, 5.41) is 8.05. The Hall–Kier alpha value is -3.06. The third-order valence-electron chi connectivity index (χ3n) is 5.53. The van der Waals surface area contributed by atoms with E-state index in [4.69, 9.17) is 44.0 Å². The molecule has 0 N–H and O–H groups in total. The fraction of sp³-hybridized carbons (Fsp3) is 0.160. The first kappa shape index (κ1) is 22.7. The summed E-state index contributed by atoms with van der Waals surface area (Å²) < 4.78 is 11.5.